The number of hydrogen-bond acceptors (Lipinski definition) is 5. The van der Waals surface area contributed by atoms with Gasteiger partial charge in [-0.25, -0.2) is 13.4 Å². The number of hydrogen-bond donors (Lipinski definition) is 0. The number of ether oxygens (including phenoxy) is 1. The van der Waals surface area contributed by atoms with Crippen LogP contribution >= 0.6 is 11.6 Å². The third-order valence-corrected chi connectivity index (χ3v) is 8.59. The van der Waals surface area contributed by atoms with E-state index in [9.17, 15) is 13.2 Å². The van der Waals surface area contributed by atoms with Gasteiger partial charge in [0.25, 0.3) is 0 Å². The fourth-order valence-electron chi connectivity index (χ4n) is 4.05. The monoisotopic (exact) mass is 474 g/mol. The first-order valence-corrected chi connectivity index (χ1v) is 12.8. The Morgan fingerprint density at radius 2 is 1.91 bits per heavy atom. The van der Waals surface area contributed by atoms with Crippen LogP contribution in [-0.2, 0) is 14.6 Å². The summed E-state index contributed by atoms with van der Waals surface area (Å²) in [5, 5.41) is 0.174. The quantitative estimate of drug-likeness (QED) is 0.595. The van der Waals surface area contributed by atoms with E-state index in [1.165, 1.54) is 7.11 Å². The van der Waals surface area contributed by atoms with Gasteiger partial charge in [-0.3, -0.25) is 4.79 Å². The van der Waals surface area contributed by atoms with Gasteiger partial charge in [-0.1, -0.05) is 36.7 Å². The molecule has 32 heavy (non-hydrogen) atoms. The van der Waals surface area contributed by atoms with Crippen LogP contribution in [0.5, 0.6) is 5.88 Å². The van der Waals surface area contributed by atoms with Gasteiger partial charge in [0.15, 0.2) is 9.84 Å². The van der Waals surface area contributed by atoms with E-state index >= 15 is 0 Å². The number of aromatic nitrogens is 1. The molecule has 2 heterocycles. The van der Waals surface area contributed by atoms with Crippen molar-refractivity contribution >= 4 is 32.9 Å². The molecule has 0 N–H and O–H groups in total. The Bertz CT molecular complexity index is 1140. The van der Waals surface area contributed by atoms with Crippen molar-refractivity contribution in [2.45, 2.75) is 42.8 Å². The molecule has 1 atom stereocenters. The Hall–Kier alpha value is -2.38. The number of benzene rings is 1. The first kappa shape index (κ1) is 22.8. The molecule has 1 aliphatic carbocycles. The summed E-state index contributed by atoms with van der Waals surface area (Å²) in [5.41, 5.74) is 2.41. The molecule has 2 aliphatic rings. The fraction of sp³-hybridized carbons (Fsp3) is 0.417. The van der Waals surface area contributed by atoms with Gasteiger partial charge in [0, 0.05) is 25.1 Å². The summed E-state index contributed by atoms with van der Waals surface area (Å²) in [7, 11) is -1.73. The Labute approximate surface area is 194 Å². The predicted octanol–water partition coefficient (Wildman–Crippen LogP) is 4.37. The molecule has 1 aromatic carbocycles. The Kier molecular flexibility index (Phi) is 6.58. The minimum atomic E-state index is -3.25. The van der Waals surface area contributed by atoms with Gasteiger partial charge in [-0.05, 0) is 55.0 Å². The molecular formula is C24H27ClN2O4S. The lowest BCUT2D eigenvalue weighted by molar-refractivity contribution is -0.129. The summed E-state index contributed by atoms with van der Waals surface area (Å²) in [6.45, 7) is 3.27. The number of sulfone groups is 1. The molecule has 1 saturated carbocycles. The SMILES string of the molecule is CCC(=O)N1CC[C@H](C=C(c2ccc(S(=O)(=O)C3CC3)cc2)c2ccc(Cl)c(OC)n2)C1. The van der Waals surface area contributed by atoms with Crippen LogP contribution in [0, 0.1) is 5.92 Å². The summed E-state index contributed by atoms with van der Waals surface area (Å²) in [5.74, 6) is 0.666. The molecule has 1 amide bonds. The molecule has 0 unspecified atom stereocenters. The minimum Gasteiger partial charge on any atom is -0.480 e. The second-order valence-corrected chi connectivity index (χ2v) is 10.9. The molecule has 6 nitrogen and oxygen atoms in total. The van der Waals surface area contributed by atoms with Crippen LogP contribution in [-0.4, -0.2) is 49.7 Å². The highest BCUT2D eigenvalue weighted by atomic mass is 35.5. The highest BCUT2D eigenvalue weighted by Crippen LogP contribution is 2.35. The molecule has 0 radical (unpaired) electrons. The number of nitrogens with zero attached hydrogens (tertiary/aromatic N) is 2. The zero-order valence-electron chi connectivity index (χ0n) is 18.3. The molecule has 8 heteroatoms. The van der Waals surface area contributed by atoms with Crippen molar-refractivity contribution in [1.82, 2.24) is 9.88 Å². The van der Waals surface area contributed by atoms with E-state index < -0.39 is 9.84 Å². The summed E-state index contributed by atoms with van der Waals surface area (Å²) in [6, 6.07) is 10.6. The van der Waals surface area contributed by atoms with Gasteiger partial charge < -0.3 is 9.64 Å². The van der Waals surface area contributed by atoms with E-state index in [-0.39, 0.29) is 17.1 Å². The van der Waals surface area contributed by atoms with Crippen molar-refractivity contribution in [3.8, 4) is 5.88 Å². The van der Waals surface area contributed by atoms with Crippen molar-refractivity contribution in [2.75, 3.05) is 20.2 Å². The van der Waals surface area contributed by atoms with Gasteiger partial charge in [0.2, 0.25) is 11.8 Å². The predicted molar refractivity (Wildman–Crippen MR) is 125 cm³/mol. The number of likely N-dealkylation sites (tertiary alicyclic amines) is 1. The maximum Gasteiger partial charge on any atom is 0.232 e. The van der Waals surface area contributed by atoms with Crippen LogP contribution in [0.25, 0.3) is 5.57 Å². The fourth-order valence-corrected chi connectivity index (χ4v) is 5.89. The molecular weight excluding hydrogens is 448 g/mol. The van der Waals surface area contributed by atoms with E-state index in [1.54, 1.807) is 18.2 Å². The Morgan fingerprint density at radius 1 is 1.19 bits per heavy atom. The number of rotatable bonds is 7. The summed E-state index contributed by atoms with van der Waals surface area (Å²) in [6.07, 6.45) is 4.96. The maximum atomic E-state index is 12.6. The smallest absolute Gasteiger partial charge is 0.232 e. The number of pyridine rings is 1. The lowest BCUT2D eigenvalue weighted by Gasteiger charge is -2.16. The highest BCUT2D eigenvalue weighted by Gasteiger charge is 2.36. The second-order valence-electron chi connectivity index (χ2n) is 8.28. The van der Waals surface area contributed by atoms with Crippen molar-refractivity contribution in [1.29, 1.82) is 0 Å². The summed E-state index contributed by atoms with van der Waals surface area (Å²) >= 11 is 6.18. The molecule has 1 saturated heterocycles. The lowest BCUT2D eigenvalue weighted by atomic mass is 9.96. The number of carbonyl (C=O) groups excluding carboxylic acids is 1. The average Bonchev–Trinajstić information content (AvgIpc) is 3.57. The summed E-state index contributed by atoms with van der Waals surface area (Å²) < 4.78 is 30.5. The average molecular weight is 475 g/mol. The van der Waals surface area contributed by atoms with E-state index in [0.29, 0.717) is 34.5 Å². The van der Waals surface area contributed by atoms with Gasteiger partial charge in [0.1, 0.15) is 5.02 Å². The van der Waals surface area contributed by atoms with Crippen molar-refractivity contribution < 1.29 is 17.9 Å². The third kappa shape index (κ3) is 4.69. The topological polar surface area (TPSA) is 76.6 Å². The van der Waals surface area contributed by atoms with Gasteiger partial charge >= 0.3 is 0 Å². The normalized spacial score (nSPS) is 19.3. The molecule has 2 fully saturated rings. The van der Waals surface area contributed by atoms with E-state index in [0.717, 1.165) is 36.9 Å². The van der Waals surface area contributed by atoms with Crippen molar-refractivity contribution in [3.63, 3.8) is 0 Å². The number of amides is 1. The van der Waals surface area contributed by atoms with Crippen molar-refractivity contribution in [3.05, 3.63) is 58.8 Å². The van der Waals surface area contributed by atoms with Crippen LogP contribution in [0.15, 0.2) is 47.4 Å². The van der Waals surface area contributed by atoms with E-state index in [4.69, 9.17) is 16.3 Å². The van der Waals surface area contributed by atoms with Crippen LogP contribution in [0.1, 0.15) is 43.9 Å². The first-order valence-electron chi connectivity index (χ1n) is 10.9. The van der Waals surface area contributed by atoms with Crippen molar-refractivity contribution in [2.24, 2.45) is 5.92 Å². The first-order chi connectivity index (χ1) is 15.3. The molecule has 2 aromatic rings. The standard InChI is InChI=1S/C24H27ClN2O4S/c1-3-23(28)27-13-12-16(15-27)14-20(22-11-10-21(25)24(26-22)31-2)17-4-6-18(7-5-17)32(29,30)19-8-9-19/h4-7,10-11,14,16,19H,3,8-9,12-13,15H2,1-2H3/t16-/m1/s1. The molecule has 170 valence electrons. The van der Waals surface area contributed by atoms with Gasteiger partial charge in [-0.15, -0.1) is 0 Å². The summed E-state index contributed by atoms with van der Waals surface area (Å²) in [4.78, 5) is 18.9. The Balaban J connectivity index is 1.70. The van der Waals surface area contributed by atoms with Gasteiger partial charge in [-0.2, -0.15) is 0 Å². The zero-order valence-corrected chi connectivity index (χ0v) is 19.8. The number of halogens is 1. The maximum absolute atomic E-state index is 12.6. The lowest BCUT2D eigenvalue weighted by Crippen LogP contribution is -2.27. The minimum absolute atomic E-state index is 0.156. The van der Waals surface area contributed by atoms with E-state index in [1.807, 2.05) is 30.0 Å². The van der Waals surface area contributed by atoms with Crippen LogP contribution in [0.2, 0.25) is 5.02 Å². The van der Waals surface area contributed by atoms with Crippen LogP contribution in [0.4, 0.5) is 0 Å². The molecule has 0 spiro atoms. The molecule has 4 rings (SSSR count). The second kappa shape index (κ2) is 9.24. The molecule has 0 bridgehead atoms. The van der Waals surface area contributed by atoms with Crippen LogP contribution in [0.3, 0.4) is 0 Å². The highest BCUT2D eigenvalue weighted by molar-refractivity contribution is 7.92. The third-order valence-electron chi connectivity index (χ3n) is 6.02. The number of carbonyl (C=O) groups is 1. The van der Waals surface area contributed by atoms with Gasteiger partial charge in [0.05, 0.1) is 22.9 Å². The zero-order chi connectivity index (χ0) is 22.9. The number of methoxy groups -OCH3 is 1. The molecule has 1 aromatic heterocycles. The Morgan fingerprint density at radius 3 is 2.53 bits per heavy atom. The van der Waals surface area contributed by atoms with E-state index in [2.05, 4.69) is 11.1 Å². The largest absolute Gasteiger partial charge is 0.480 e. The molecule has 1 aliphatic heterocycles. The van der Waals surface area contributed by atoms with Crippen LogP contribution < -0.4 is 4.74 Å².